The molecule has 0 saturated carbocycles. The van der Waals surface area contributed by atoms with Crippen molar-refractivity contribution in [2.75, 3.05) is 0 Å². The van der Waals surface area contributed by atoms with Crippen LogP contribution in [0.3, 0.4) is 0 Å². The summed E-state index contributed by atoms with van der Waals surface area (Å²) in [5, 5.41) is 7.91. The second-order valence-electron chi connectivity index (χ2n) is 4.13. The number of hydrogen-bond donors (Lipinski definition) is 0. The van der Waals surface area contributed by atoms with E-state index in [4.69, 9.17) is 16.0 Å². The molecule has 84 valence electrons. The van der Waals surface area contributed by atoms with Crippen molar-refractivity contribution in [3.63, 3.8) is 0 Å². The summed E-state index contributed by atoms with van der Waals surface area (Å²) in [6, 6.07) is 10.1. The van der Waals surface area contributed by atoms with Gasteiger partial charge in [0, 0.05) is 0 Å². The molecule has 0 amide bonds. The van der Waals surface area contributed by atoms with Crippen molar-refractivity contribution in [1.82, 2.24) is 10.2 Å². The molecule has 4 heteroatoms. The minimum absolute atomic E-state index is 0.248. The molecule has 16 heavy (non-hydrogen) atoms. The van der Waals surface area contributed by atoms with Crippen LogP contribution < -0.4 is 0 Å². The fourth-order valence-corrected chi connectivity index (χ4v) is 1.65. The predicted molar refractivity (Wildman–Crippen MR) is 62.4 cm³/mol. The maximum Gasteiger partial charge on any atom is 0.231 e. The van der Waals surface area contributed by atoms with Crippen LogP contribution in [-0.4, -0.2) is 10.2 Å². The van der Waals surface area contributed by atoms with Gasteiger partial charge in [-0.15, -0.1) is 21.8 Å². The Morgan fingerprint density at radius 3 is 2.44 bits per heavy atom. The van der Waals surface area contributed by atoms with Crippen LogP contribution in [0.4, 0.5) is 0 Å². The molecule has 2 rings (SSSR count). The van der Waals surface area contributed by atoms with E-state index in [-0.39, 0.29) is 11.3 Å². The van der Waals surface area contributed by atoms with Crippen LogP contribution in [0.1, 0.15) is 31.2 Å². The van der Waals surface area contributed by atoms with Crippen molar-refractivity contribution in [3.05, 3.63) is 47.7 Å². The SMILES string of the molecule is CC(C)(c1ccccc1)c1nnc(CCl)o1. The van der Waals surface area contributed by atoms with Crippen LogP contribution >= 0.6 is 11.6 Å². The number of hydrogen-bond acceptors (Lipinski definition) is 3. The van der Waals surface area contributed by atoms with Gasteiger partial charge in [-0.05, 0) is 19.4 Å². The van der Waals surface area contributed by atoms with Gasteiger partial charge in [0.1, 0.15) is 5.88 Å². The molecule has 1 aromatic heterocycles. The summed E-state index contributed by atoms with van der Waals surface area (Å²) in [7, 11) is 0. The van der Waals surface area contributed by atoms with E-state index in [1.807, 2.05) is 44.2 Å². The Hall–Kier alpha value is -1.35. The first-order valence-electron chi connectivity index (χ1n) is 5.09. The van der Waals surface area contributed by atoms with Gasteiger partial charge in [-0.2, -0.15) is 0 Å². The largest absolute Gasteiger partial charge is 0.423 e. The summed E-state index contributed by atoms with van der Waals surface area (Å²) in [6.07, 6.45) is 0. The smallest absolute Gasteiger partial charge is 0.231 e. The third-order valence-corrected chi connectivity index (χ3v) is 2.84. The number of alkyl halides is 1. The summed E-state index contributed by atoms with van der Waals surface area (Å²) < 4.78 is 5.50. The number of rotatable bonds is 3. The second kappa shape index (κ2) is 4.26. The normalized spacial score (nSPS) is 11.7. The molecule has 2 aromatic rings. The highest BCUT2D eigenvalue weighted by atomic mass is 35.5. The van der Waals surface area contributed by atoms with Gasteiger partial charge in [0.2, 0.25) is 11.8 Å². The lowest BCUT2D eigenvalue weighted by molar-refractivity contribution is 0.395. The molecule has 0 aliphatic rings. The summed E-state index contributed by atoms with van der Waals surface area (Å²) in [5.74, 6) is 1.30. The fourth-order valence-electron chi connectivity index (χ4n) is 1.54. The first-order valence-corrected chi connectivity index (χ1v) is 5.62. The molecule has 0 spiro atoms. The maximum atomic E-state index is 5.64. The molecular formula is C12H13ClN2O. The topological polar surface area (TPSA) is 38.9 Å². The van der Waals surface area contributed by atoms with Gasteiger partial charge in [0.15, 0.2) is 0 Å². The quantitative estimate of drug-likeness (QED) is 0.769. The number of aromatic nitrogens is 2. The highest BCUT2D eigenvalue weighted by Gasteiger charge is 2.29. The Labute approximate surface area is 99.5 Å². The van der Waals surface area contributed by atoms with E-state index in [0.717, 1.165) is 5.56 Å². The van der Waals surface area contributed by atoms with Gasteiger partial charge in [0.25, 0.3) is 0 Å². The van der Waals surface area contributed by atoms with Gasteiger partial charge in [-0.1, -0.05) is 30.3 Å². The Kier molecular flexibility index (Phi) is 2.97. The van der Waals surface area contributed by atoms with Crippen molar-refractivity contribution in [3.8, 4) is 0 Å². The molecule has 0 aliphatic heterocycles. The second-order valence-corrected chi connectivity index (χ2v) is 4.39. The van der Waals surface area contributed by atoms with Crippen LogP contribution in [0.2, 0.25) is 0 Å². The Bertz CT molecular complexity index is 465. The van der Waals surface area contributed by atoms with Crippen LogP contribution in [-0.2, 0) is 11.3 Å². The molecule has 0 radical (unpaired) electrons. The van der Waals surface area contributed by atoms with E-state index in [9.17, 15) is 0 Å². The Morgan fingerprint density at radius 2 is 1.88 bits per heavy atom. The van der Waals surface area contributed by atoms with Gasteiger partial charge >= 0.3 is 0 Å². The van der Waals surface area contributed by atoms with Crippen LogP contribution in [0.5, 0.6) is 0 Å². The molecular weight excluding hydrogens is 224 g/mol. The van der Waals surface area contributed by atoms with Crippen molar-refractivity contribution >= 4 is 11.6 Å². The average Bonchev–Trinajstić information content (AvgIpc) is 2.79. The molecule has 3 nitrogen and oxygen atoms in total. The Balaban J connectivity index is 2.38. The molecule has 0 saturated heterocycles. The van der Waals surface area contributed by atoms with Crippen LogP contribution in [0, 0.1) is 0 Å². The highest BCUT2D eigenvalue weighted by molar-refractivity contribution is 6.16. The summed E-state index contributed by atoms with van der Waals surface area (Å²) in [6.45, 7) is 4.10. The van der Waals surface area contributed by atoms with E-state index < -0.39 is 0 Å². The Morgan fingerprint density at radius 1 is 1.19 bits per heavy atom. The lowest BCUT2D eigenvalue weighted by atomic mass is 9.85. The lowest BCUT2D eigenvalue weighted by Gasteiger charge is -2.20. The zero-order valence-electron chi connectivity index (χ0n) is 9.27. The monoisotopic (exact) mass is 236 g/mol. The van der Waals surface area contributed by atoms with Gasteiger partial charge in [-0.3, -0.25) is 0 Å². The number of benzene rings is 1. The van der Waals surface area contributed by atoms with E-state index in [1.54, 1.807) is 0 Å². The molecule has 0 aliphatic carbocycles. The molecule has 0 N–H and O–H groups in total. The molecule has 0 unspecified atom stereocenters. The summed E-state index contributed by atoms with van der Waals surface area (Å²) in [5.41, 5.74) is 0.846. The van der Waals surface area contributed by atoms with E-state index in [2.05, 4.69) is 10.2 Å². The van der Waals surface area contributed by atoms with Crippen molar-refractivity contribution in [2.24, 2.45) is 0 Å². The zero-order chi connectivity index (χ0) is 11.6. The predicted octanol–water partition coefficient (Wildman–Crippen LogP) is 3.13. The van der Waals surface area contributed by atoms with Crippen molar-refractivity contribution in [2.45, 2.75) is 25.1 Å². The standard InChI is InChI=1S/C12H13ClN2O/c1-12(2,9-6-4-3-5-7-9)11-15-14-10(8-13)16-11/h3-7H,8H2,1-2H3. The van der Waals surface area contributed by atoms with E-state index >= 15 is 0 Å². The first kappa shape index (κ1) is 11.1. The summed E-state index contributed by atoms with van der Waals surface area (Å²) >= 11 is 5.64. The third kappa shape index (κ3) is 1.95. The fraction of sp³-hybridized carbons (Fsp3) is 0.333. The molecule has 1 heterocycles. The van der Waals surface area contributed by atoms with Crippen molar-refractivity contribution in [1.29, 1.82) is 0 Å². The lowest BCUT2D eigenvalue weighted by Crippen LogP contribution is -2.19. The number of nitrogens with zero attached hydrogens (tertiary/aromatic N) is 2. The number of halogens is 1. The van der Waals surface area contributed by atoms with Gasteiger partial charge < -0.3 is 4.42 Å². The van der Waals surface area contributed by atoms with Crippen LogP contribution in [0.25, 0.3) is 0 Å². The van der Waals surface area contributed by atoms with Crippen molar-refractivity contribution < 1.29 is 4.42 Å². The molecule has 0 atom stereocenters. The zero-order valence-corrected chi connectivity index (χ0v) is 10.0. The molecule has 1 aromatic carbocycles. The highest BCUT2D eigenvalue weighted by Crippen LogP contribution is 2.30. The van der Waals surface area contributed by atoms with Gasteiger partial charge in [0.05, 0.1) is 5.41 Å². The van der Waals surface area contributed by atoms with Gasteiger partial charge in [-0.25, -0.2) is 0 Å². The minimum atomic E-state index is -0.293. The molecule has 0 bridgehead atoms. The maximum absolute atomic E-state index is 5.64. The minimum Gasteiger partial charge on any atom is -0.423 e. The van der Waals surface area contributed by atoms with Crippen LogP contribution in [0.15, 0.2) is 34.7 Å². The van der Waals surface area contributed by atoms with E-state index in [1.165, 1.54) is 0 Å². The first-order chi connectivity index (χ1) is 7.64. The average molecular weight is 237 g/mol. The van der Waals surface area contributed by atoms with E-state index in [0.29, 0.717) is 11.8 Å². The third-order valence-electron chi connectivity index (χ3n) is 2.61. The molecule has 0 fully saturated rings. The summed E-state index contributed by atoms with van der Waals surface area (Å²) in [4.78, 5) is 0.